The van der Waals surface area contributed by atoms with Gasteiger partial charge in [-0.1, -0.05) is 49.1 Å². The fourth-order valence-corrected chi connectivity index (χ4v) is 12.1. The number of carbonyl (C=O) groups is 6. The second-order valence-corrected chi connectivity index (χ2v) is 23.8. The van der Waals surface area contributed by atoms with Crippen LogP contribution in [0.1, 0.15) is 81.5 Å². The average Bonchev–Trinajstić information content (AvgIpc) is 2.54. The Morgan fingerprint density at radius 2 is 1.08 bits per heavy atom. The average molecular weight is 1370 g/mol. The molecular formula is C61H62ClF9N8O12S2. The largest absolute Gasteiger partial charge is 0.573 e. The number of ether oxygens (including phenoxy) is 6. The molecule has 3 atom stereocenters. The summed E-state index contributed by atoms with van der Waals surface area (Å²) in [6.07, 6.45) is -9.13. The zero-order valence-corrected chi connectivity index (χ0v) is 51.6. The first-order valence-electron chi connectivity index (χ1n) is 29.0. The summed E-state index contributed by atoms with van der Waals surface area (Å²) in [7, 11) is 0. The number of alkyl halides is 9. The van der Waals surface area contributed by atoms with Crippen LogP contribution in [0, 0.1) is 17.8 Å². The first-order valence-corrected chi connectivity index (χ1v) is 31.1. The molecule has 0 bridgehead atoms. The number of carbonyl (C=O) groups excluding carboxylic acids is 6. The number of fused-ring (bicyclic) bond motifs is 1. The second kappa shape index (κ2) is 32.3. The monoisotopic (exact) mass is 1370 g/mol. The van der Waals surface area contributed by atoms with Crippen molar-refractivity contribution >= 4 is 69.7 Å². The predicted molar refractivity (Wildman–Crippen MR) is 318 cm³/mol. The summed E-state index contributed by atoms with van der Waals surface area (Å²) in [4.78, 5) is 90.6. The smallest absolute Gasteiger partial charge is 0.484 e. The van der Waals surface area contributed by atoms with Gasteiger partial charge in [0.1, 0.15) is 55.9 Å². The van der Waals surface area contributed by atoms with E-state index in [-0.39, 0.29) is 78.5 Å². The van der Waals surface area contributed by atoms with E-state index in [0.717, 1.165) is 61.2 Å². The highest BCUT2D eigenvalue weighted by Gasteiger charge is 2.37. The van der Waals surface area contributed by atoms with E-state index in [2.05, 4.69) is 34.8 Å². The van der Waals surface area contributed by atoms with Gasteiger partial charge >= 0.3 is 19.1 Å². The van der Waals surface area contributed by atoms with Crippen molar-refractivity contribution in [3.8, 4) is 34.5 Å². The lowest BCUT2D eigenvalue weighted by Crippen LogP contribution is -2.48. The molecule has 20 nitrogen and oxygen atoms in total. The molecular weight excluding hydrogens is 1310 g/mol. The van der Waals surface area contributed by atoms with E-state index in [1.165, 1.54) is 76.8 Å². The molecule has 2 aromatic heterocycles. The van der Waals surface area contributed by atoms with Crippen molar-refractivity contribution < 1.29 is 96.7 Å². The van der Waals surface area contributed by atoms with Crippen molar-refractivity contribution in [1.82, 2.24) is 35.3 Å². The van der Waals surface area contributed by atoms with Gasteiger partial charge in [0.25, 0.3) is 29.5 Å². The van der Waals surface area contributed by atoms with Crippen molar-refractivity contribution in [2.24, 2.45) is 23.5 Å². The molecule has 3 fully saturated rings. The van der Waals surface area contributed by atoms with Crippen LogP contribution in [-0.2, 0) is 38.7 Å². The van der Waals surface area contributed by atoms with Crippen LogP contribution in [0.3, 0.4) is 0 Å². The molecule has 93 heavy (non-hydrogen) atoms. The first-order chi connectivity index (χ1) is 44.2. The first kappa shape index (κ1) is 70.3. The van der Waals surface area contributed by atoms with E-state index in [1.54, 1.807) is 39.9 Å². The third-order valence-corrected chi connectivity index (χ3v) is 17.0. The number of benzene rings is 4. The van der Waals surface area contributed by atoms with Crippen LogP contribution in [0.2, 0.25) is 5.02 Å². The van der Waals surface area contributed by atoms with Crippen molar-refractivity contribution in [3.63, 3.8) is 0 Å². The molecule has 1 unspecified atom stereocenters. The highest BCUT2D eigenvalue weighted by molar-refractivity contribution is 7.10. The molecule has 6 amide bonds. The maximum atomic E-state index is 14.5. The lowest BCUT2D eigenvalue weighted by molar-refractivity contribution is -0.275. The van der Waals surface area contributed by atoms with E-state index in [1.807, 2.05) is 4.90 Å². The van der Waals surface area contributed by atoms with Gasteiger partial charge in [-0.3, -0.25) is 28.8 Å². The topological polar surface area (TPSA) is 243 Å². The van der Waals surface area contributed by atoms with E-state index < -0.39 is 73.3 Å². The molecule has 3 aliphatic rings. The Hall–Kier alpha value is -8.58. The normalized spacial score (nSPS) is 16.3. The summed E-state index contributed by atoms with van der Waals surface area (Å²) >= 11 is 8.87. The Bertz CT molecular complexity index is 3480. The second-order valence-electron chi connectivity index (χ2n) is 21.5. The summed E-state index contributed by atoms with van der Waals surface area (Å²) in [6.45, 7) is 0.898. The summed E-state index contributed by atoms with van der Waals surface area (Å²) in [5.41, 5.74) is 6.57. The molecule has 1 aliphatic carbocycles. The molecule has 1 saturated carbocycles. The Morgan fingerprint density at radius 3 is 1.61 bits per heavy atom. The summed E-state index contributed by atoms with van der Waals surface area (Å²) < 4.78 is 141. The van der Waals surface area contributed by atoms with E-state index >= 15 is 0 Å². The number of nitrogens with two attached hydrogens (primary N) is 1. The van der Waals surface area contributed by atoms with Crippen LogP contribution < -0.4 is 44.8 Å². The van der Waals surface area contributed by atoms with Crippen molar-refractivity contribution in [1.29, 1.82) is 0 Å². The number of nitrogens with one attached hydrogen (secondary N) is 2. The number of nitrogens with zero attached hydrogens (tertiary/aromatic N) is 5. The standard InChI is InChI=1S/C41H41ClF6N4O7S.C20H21F3N4O5S/c42-33-8-4-3-6-27(33)18-20-52(23-37-50-34(25-60-37)38(54)51-19-17-26-5-1-2-7-28(26)22-51)39(55)35(57-30-11-15-32(16-12-30)59-41(46,47)48)21-49-36(53)24-56-29-9-13-31(14-10-29)58-40(43,44)45;21-20(22,23)32-14-3-1-13(2-4-14)31-10-16(28)25-9-17-26-15(11-33-17)19(30)27-7-5-12(6-8-27)18(24)29/h3-4,6,8-16,25-26,28,35H,1-2,5,7,17-24H2,(H,49,53);1-4,11-12H,5-10H2,(H2,24,29)(H,25,28)/t26-,28+,35?;/m0./s1. The zero-order valence-electron chi connectivity index (χ0n) is 49.2. The number of piperidine rings is 2. The van der Waals surface area contributed by atoms with Crippen LogP contribution in [0.4, 0.5) is 39.5 Å². The van der Waals surface area contributed by atoms with Gasteiger partial charge in [-0.05, 0) is 128 Å². The quantitative estimate of drug-likeness (QED) is 0.0478. The van der Waals surface area contributed by atoms with Crippen LogP contribution in [0.5, 0.6) is 34.5 Å². The van der Waals surface area contributed by atoms with Crippen molar-refractivity contribution in [2.45, 2.75) is 89.6 Å². The number of amides is 6. The van der Waals surface area contributed by atoms with Gasteiger partial charge in [0.05, 0.1) is 19.6 Å². The number of thiazole rings is 2. The number of rotatable bonds is 24. The van der Waals surface area contributed by atoms with Crippen molar-refractivity contribution in [2.75, 3.05) is 52.5 Å². The van der Waals surface area contributed by atoms with Gasteiger partial charge in [0.2, 0.25) is 5.91 Å². The lowest BCUT2D eigenvalue weighted by atomic mass is 9.75. The molecule has 0 radical (unpaired) electrons. The molecule has 0 spiro atoms. The van der Waals surface area contributed by atoms with Crippen LogP contribution in [0.25, 0.3) is 0 Å². The minimum Gasteiger partial charge on any atom is -0.484 e. The maximum Gasteiger partial charge on any atom is 0.573 e. The minimum absolute atomic E-state index is 0.0236. The SMILES string of the molecule is NC(=O)C1CCN(C(=O)c2csc(CNC(=O)COc3ccc(OC(F)(F)F)cc3)n2)CC1.O=C(COc1ccc(OC(F)(F)F)cc1)NCC(Oc1ccc(OC(F)(F)F)cc1)C(=O)N(CCc1ccccc1Cl)Cc1nc(C(=O)N2CC[C@@H]3CCCC[C@@H]3C2)cs1. The van der Waals surface area contributed by atoms with Gasteiger partial charge in [0, 0.05) is 54.4 Å². The fraction of sp³-hybridized carbons (Fsp3) is 0.410. The molecule has 4 N–H and O–H groups in total. The third-order valence-electron chi connectivity index (χ3n) is 14.9. The molecule has 4 heterocycles. The molecule has 9 rings (SSSR count). The number of hydrogen-bond acceptors (Lipinski definition) is 16. The maximum absolute atomic E-state index is 14.5. The van der Waals surface area contributed by atoms with Crippen LogP contribution >= 0.6 is 34.3 Å². The predicted octanol–water partition coefficient (Wildman–Crippen LogP) is 10.5. The van der Waals surface area contributed by atoms with Gasteiger partial charge in [-0.15, -0.1) is 62.2 Å². The molecule has 500 valence electrons. The number of primary amides is 1. The summed E-state index contributed by atoms with van der Waals surface area (Å²) in [5, 5.41) is 9.85. The fourth-order valence-electron chi connectivity index (χ4n) is 10.4. The highest BCUT2D eigenvalue weighted by Crippen LogP contribution is 2.37. The molecule has 2 saturated heterocycles. The zero-order chi connectivity index (χ0) is 66.9. The van der Waals surface area contributed by atoms with Gasteiger partial charge in [-0.2, -0.15) is 0 Å². The summed E-state index contributed by atoms with van der Waals surface area (Å²) in [6, 6.07) is 20.4. The molecule has 32 heteroatoms. The van der Waals surface area contributed by atoms with E-state index in [0.29, 0.717) is 72.3 Å². The Kier molecular flexibility index (Phi) is 24.4. The minimum atomic E-state index is -4.94. The third kappa shape index (κ3) is 22.6. The van der Waals surface area contributed by atoms with Crippen molar-refractivity contribution in [3.05, 3.63) is 140 Å². The number of aromatic nitrogens is 2. The van der Waals surface area contributed by atoms with Gasteiger partial charge in [0.15, 0.2) is 19.3 Å². The number of likely N-dealkylation sites (tertiary alicyclic amines) is 2. The lowest BCUT2D eigenvalue weighted by Gasteiger charge is -2.41. The highest BCUT2D eigenvalue weighted by atomic mass is 35.5. The number of halogens is 10. The Morgan fingerprint density at radius 1 is 0.602 bits per heavy atom. The van der Waals surface area contributed by atoms with Gasteiger partial charge in [-0.25, -0.2) is 9.97 Å². The number of hydrogen-bond donors (Lipinski definition) is 3. The van der Waals surface area contributed by atoms with Crippen LogP contribution in [-0.4, -0.2) is 138 Å². The van der Waals surface area contributed by atoms with E-state index in [4.69, 9.17) is 31.5 Å². The molecule has 6 aromatic rings. The molecule has 4 aromatic carbocycles. The van der Waals surface area contributed by atoms with Crippen LogP contribution in [0.15, 0.2) is 108 Å². The van der Waals surface area contributed by atoms with Gasteiger partial charge < -0.3 is 59.5 Å². The summed E-state index contributed by atoms with van der Waals surface area (Å²) in [5.74, 6) is -2.92. The van der Waals surface area contributed by atoms with E-state index in [9.17, 15) is 68.3 Å². The Labute approximate surface area is 539 Å². The Balaban J connectivity index is 0.000000284. The molecule has 2 aliphatic heterocycles.